The number of hydrogen-bond acceptors (Lipinski definition) is 12. The number of carbonyl (C=O) groups excluding carboxylic acids is 5. The zero-order chi connectivity index (χ0) is 48.2. The number of aliphatic hydroxyl groups is 2. The molecule has 1 saturated carbocycles. The third-order valence-electron chi connectivity index (χ3n) is 14.8. The van der Waals surface area contributed by atoms with E-state index in [1.165, 1.54) is 12.0 Å². The van der Waals surface area contributed by atoms with Crippen LogP contribution in [0, 0.1) is 41.4 Å². The van der Waals surface area contributed by atoms with Crippen LogP contribution in [0.15, 0.2) is 47.6 Å². The monoisotopic (exact) mass is 912 g/mol. The van der Waals surface area contributed by atoms with E-state index in [0.717, 1.165) is 24.8 Å². The number of ketones is 3. The van der Waals surface area contributed by atoms with E-state index in [1.807, 2.05) is 58.1 Å². The van der Waals surface area contributed by atoms with Crippen molar-refractivity contribution in [2.24, 2.45) is 41.4 Å². The van der Waals surface area contributed by atoms with Crippen molar-refractivity contribution in [3.63, 3.8) is 0 Å². The highest BCUT2D eigenvalue weighted by Crippen LogP contribution is 2.38. The molecule has 1 aliphatic carbocycles. The standard InChI is InChI=1S/C52H81NO12/c1-31-17-13-12-14-18-32(2)44(62-10)29-40-23-21-38(8)52(60,65-40)49(57)50(58)53-24-16-15-19-41(53)51(59)64-45(35(5)27-39-22-20-33(3)43(28-39)61-9)30-42(54)34(4)26-37(7)47(56)48(63-11)46(55)36(6)25-31/h12-14,17-18,26,31,33-36,38-41,43-45,47-48,56,60H,15-16,19-25,27-30H2,1-11H3/b14-12+,17-13+,32-18+,37-26+/t31?,33-,34?,35?,36?,38?,39-,40?,41-,43?,44?,45?,47?,48?,52?/m0/s1. The van der Waals surface area contributed by atoms with E-state index in [2.05, 4.69) is 6.92 Å². The van der Waals surface area contributed by atoms with Crippen LogP contribution >= 0.6 is 0 Å². The molecule has 3 fully saturated rings. The van der Waals surface area contributed by atoms with Gasteiger partial charge < -0.3 is 38.8 Å². The molecule has 0 aromatic rings. The van der Waals surface area contributed by atoms with Gasteiger partial charge in [-0.3, -0.25) is 19.2 Å². The van der Waals surface area contributed by atoms with Crippen molar-refractivity contribution in [1.82, 2.24) is 4.90 Å². The number of allylic oxidation sites excluding steroid dienone is 6. The van der Waals surface area contributed by atoms with Crippen LogP contribution in [0.5, 0.6) is 0 Å². The van der Waals surface area contributed by atoms with Crippen molar-refractivity contribution < 1.29 is 57.9 Å². The number of ether oxygens (including phenoxy) is 5. The minimum Gasteiger partial charge on any atom is -0.460 e. The number of piperidine rings is 1. The lowest BCUT2D eigenvalue weighted by atomic mass is 9.76. The molecule has 65 heavy (non-hydrogen) atoms. The third kappa shape index (κ3) is 14.3. The number of nitrogens with zero attached hydrogens (tertiary/aromatic N) is 1. The molecule has 15 atom stereocenters. The molecular formula is C52H81NO12. The van der Waals surface area contributed by atoms with Gasteiger partial charge in [0.05, 0.1) is 18.3 Å². The van der Waals surface area contributed by atoms with Gasteiger partial charge in [-0.25, -0.2) is 4.79 Å². The van der Waals surface area contributed by atoms with Gasteiger partial charge in [0.1, 0.15) is 30.1 Å². The number of cyclic esters (lactones) is 1. The van der Waals surface area contributed by atoms with Crippen molar-refractivity contribution in [3.8, 4) is 0 Å². The molecule has 366 valence electrons. The quantitative estimate of drug-likeness (QED) is 0.153. The van der Waals surface area contributed by atoms with Gasteiger partial charge in [-0.2, -0.15) is 0 Å². The number of esters is 1. The maximum atomic E-state index is 14.4. The van der Waals surface area contributed by atoms with E-state index in [9.17, 15) is 34.2 Å². The van der Waals surface area contributed by atoms with E-state index in [0.29, 0.717) is 56.4 Å². The average molecular weight is 912 g/mol. The lowest BCUT2D eigenvalue weighted by Gasteiger charge is -2.42. The van der Waals surface area contributed by atoms with Gasteiger partial charge in [0.25, 0.3) is 11.7 Å². The molecule has 3 aliphatic heterocycles. The Morgan fingerprint density at radius 3 is 2.25 bits per heavy atom. The van der Waals surface area contributed by atoms with Crippen LogP contribution in [-0.4, -0.2) is 121 Å². The maximum Gasteiger partial charge on any atom is 0.329 e. The molecule has 2 N–H and O–H groups in total. The van der Waals surface area contributed by atoms with Gasteiger partial charge in [-0.05, 0) is 113 Å². The Kier molecular flexibility index (Phi) is 21.0. The van der Waals surface area contributed by atoms with Crippen molar-refractivity contribution in [1.29, 1.82) is 0 Å². The lowest BCUT2D eigenvalue weighted by molar-refractivity contribution is -0.265. The van der Waals surface area contributed by atoms with E-state index >= 15 is 0 Å². The normalized spacial score (nSPS) is 40.4. The maximum absolute atomic E-state index is 14.4. The van der Waals surface area contributed by atoms with Crippen LogP contribution in [-0.2, 0) is 47.7 Å². The largest absolute Gasteiger partial charge is 0.460 e. The Balaban J connectivity index is 1.70. The molecule has 0 aromatic carbocycles. The van der Waals surface area contributed by atoms with Crippen molar-refractivity contribution in [2.75, 3.05) is 27.9 Å². The average Bonchev–Trinajstić information content (AvgIpc) is 3.28. The molecular weight excluding hydrogens is 831 g/mol. The van der Waals surface area contributed by atoms with Crippen LogP contribution in [0.25, 0.3) is 0 Å². The van der Waals surface area contributed by atoms with Gasteiger partial charge in [-0.15, -0.1) is 0 Å². The van der Waals surface area contributed by atoms with Gasteiger partial charge in [0.2, 0.25) is 5.79 Å². The van der Waals surface area contributed by atoms with E-state index in [1.54, 1.807) is 41.1 Å². The van der Waals surface area contributed by atoms with Gasteiger partial charge in [0.15, 0.2) is 5.78 Å². The molecule has 0 spiro atoms. The summed E-state index contributed by atoms with van der Waals surface area (Å²) in [7, 11) is 4.70. The molecule has 0 radical (unpaired) electrons. The minimum atomic E-state index is -2.41. The fourth-order valence-electron chi connectivity index (χ4n) is 10.4. The molecule has 4 aliphatic rings. The first kappa shape index (κ1) is 54.3. The molecule has 13 nitrogen and oxygen atoms in total. The van der Waals surface area contributed by atoms with Gasteiger partial charge in [0, 0.05) is 58.5 Å². The summed E-state index contributed by atoms with van der Waals surface area (Å²) in [5.74, 6) is -7.07. The summed E-state index contributed by atoms with van der Waals surface area (Å²) in [4.78, 5) is 71.9. The summed E-state index contributed by atoms with van der Waals surface area (Å²) in [5.41, 5.74) is 1.30. The van der Waals surface area contributed by atoms with E-state index in [4.69, 9.17) is 23.7 Å². The molecule has 2 bridgehead atoms. The Hall–Kier alpha value is -3.33. The molecule has 13 heteroatoms. The Labute approximate surface area is 388 Å². The second-order valence-electron chi connectivity index (χ2n) is 20.0. The smallest absolute Gasteiger partial charge is 0.329 e. The highest BCUT2D eigenvalue weighted by Gasteiger charge is 2.53. The topological polar surface area (TPSA) is 175 Å². The molecule has 1 amide bonds. The van der Waals surface area contributed by atoms with E-state index < -0.39 is 77.8 Å². The van der Waals surface area contributed by atoms with Crippen LogP contribution in [0.3, 0.4) is 0 Å². The summed E-state index contributed by atoms with van der Waals surface area (Å²) < 4.78 is 29.7. The summed E-state index contributed by atoms with van der Waals surface area (Å²) >= 11 is 0. The second kappa shape index (κ2) is 25.2. The highest BCUT2D eigenvalue weighted by atomic mass is 16.6. The van der Waals surface area contributed by atoms with Crippen LogP contribution < -0.4 is 0 Å². The summed E-state index contributed by atoms with van der Waals surface area (Å²) in [6.45, 7) is 15.1. The predicted octanol–water partition coefficient (Wildman–Crippen LogP) is 7.46. The zero-order valence-electron chi connectivity index (χ0n) is 41.2. The zero-order valence-corrected chi connectivity index (χ0v) is 41.2. The first-order valence-electron chi connectivity index (χ1n) is 24.2. The number of amides is 1. The fourth-order valence-corrected chi connectivity index (χ4v) is 10.4. The summed E-state index contributed by atoms with van der Waals surface area (Å²) in [5, 5.41) is 23.4. The SMILES string of the molecule is COC1CC2CCC(C)C(O)(O2)C(=O)C(=O)N2CCCC[C@H]2C(=O)OC(C(C)C[C@@H]2CC[C@H](C)C(OC)C2)CC(=O)C(C)/C=C(\C)C(O)C(OC)C(=O)C(C)CC(C)/C=C/C=C/C=C/1C. The molecule has 4 rings (SSSR count). The first-order chi connectivity index (χ1) is 30.7. The number of rotatable bonds is 6. The van der Waals surface area contributed by atoms with Crippen LogP contribution in [0.1, 0.15) is 132 Å². The predicted molar refractivity (Wildman–Crippen MR) is 248 cm³/mol. The highest BCUT2D eigenvalue weighted by molar-refractivity contribution is 6.39. The van der Waals surface area contributed by atoms with Crippen LogP contribution in [0.4, 0.5) is 0 Å². The number of hydrogen-bond donors (Lipinski definition) is 2. The van der Waals surface area contributed by atoms with Gasteiger partial charge >= 0.3 is 5.97 Å². The fraction of sp³-hybridized carbons (Fsp3) is 0.750. The minimum absolute atomic E-state index is 0.0304. The number of methoxy groups -OCH3 is 3. The molecule has 3 heterocycles. The molecule has 12 unspecified atom stereocenters. The summed E-state index contributed by atoms with van der Waals surface area (Å²) in [6, 6.07) is -1.11. The van der Waals surface area contributed by atoms with Crippen LogP contribution in [0.2, 0.25) is 0 Å². The number of carbonyl (C=O) groups is 5. The van der Waals surface area contributed by atoms with Crippen molar-refractivity contribution in [3.05, 3.63) is 47.6 Å². The second-order valence-corrected chi connectivity index (χ2v) is 20.0. The number of fused-ring (bicyclic) bond motifs is 3. The van der Waals surface area contributed by atoms with Crippen molar-refractivity contribution >= 4 is 29.2 Å². The summed E-state index contributed by atoms with van der Waals surface area (Å²) in [6.07, 6.45) is 13.6. The molecule has 0 aromatic heterocycles. The first-order valence-corrected chi connectivity index (χ1v) is 24.2. The van der Waals surface area contributed by atoms with E-state index in [-0.39, 0.29) is 54.8 Å². The Bertz CT molecular complexity index is 1750. The number of aliphatic hydroxyl groups excluding tert-OH is 1. The Morgan fingerprint density at radius 1 is 0.846 bits per heavy atom. The third-order valence-corrected chi connectivity index (χ3v) is 14.8. The van der Waals surface area contributed by atoms with Gasteiger partial charge in [-0.1, -0.05) is 78.0 Å². The van der Waals surface area contributed by atoms with Crippen molar-refractivity contribution in [2.45, 2.75) is 181 Å². The Morgan fingerprint density at radius 2 is 1.57 bits per heavy atom. The lowest BCUT2D eigenvalue weighted by Crippen LogP contribution is -2.61. The molecule has 2 saturated heterocycles. The number of Topliss-reactive ketones (excluding diaryl/α,β-unsaturated/α-hetero) is 3.